The molecule has 0 saturated carbocycles. The highest BCUT2D eigenvalue weighted by atomic mass is 35.5. The second kappa shape index (κ2) is 3.56. The number of nitrogens with two attached hydrogens (primary N) is 1. The van der Waals surface area contributed by atoms with E-state index in [1.807, 2.05) is 0 Å². The van der Waals surface area contributed by atoms with Crippen molar-refractivity contribution in [1.82, 2.24) is 4.98 Å². The molecule has 1 aromatic rings. The first-order valence-corrected chi connectivity index (χ1v) is 4.87. The van der Waals surface area contributed by atoms with Crippen molar-refractivity contribution in [2.24, 2.45) is 0 Å². The highest BCUT2D eigenvalue weighted by Crippen LogP contribution is 2.23. The van der Waals surface area contributed by atoms with Crippen LogP contribution < -0.4 is 5.73 Å². The minimum atomic E-state index is -4.14. The lowest BCUT2D eigenvalue weighted by Crippen LogP contribution is -1.96. The van der Waals surface area contributed by atoms with Gasteiger partial charge in [0.15, 0.2) is 9.34 Å². The predicted molar refractivity (Wildman–Crippen MR) is 48.3 cm³/mol. The number of aryl methyl sites for hydroxylation is 1. The molecule has 1 heterocycles. The van der Waals surface area contributed by atoms with Gasteiger partial charge in [0.25, 0.3) is 0 Å². The third-order valence-electron chi connectivity index (χ3n) is 1.00. The lowest BCUT2D eigenvalue weighted by atomic mass is 10.6. The summed E-state index contributed by atoms with van der Waals surface area (Å²) in [6.07, 6.45) is 0. The van der Waals surface area contributed by atoms with Crippen LogP contribution in [0.1, 0.15) is 5.69 Å². The quantitative estimate of drug-likeness (QED) is 0.693. The molecule has 0 aromatic carbocycles. The fourth-order valence-electron chi connectivity index (χ4n) is 0.642. The van der Waals surface area contributed by atoms with Gasteiger partial charge in [0.1, 0.15) is 0 Å². The van der Waals surface area contributed by atoms with Crippen molar-refractivity contribution in [2.45, 2.75) is 11.1 Å². The molecule has 5 nitrogen and oxygen atoms in total. The number of halogens is 1. The fraction of sp³-hybridized carbons (Fsp3) is 0.250. The molecular weight excluding hydrogens is 224 g/mol. The number of rotatable bonds is 1. The molecule has 0 aliphatic rings. The van der Waals surface area contributed by atoms with Crippen LogP contribution in [0.4, 0.5) is 5.13 Å². The monoisotopic (exact) mass is 230 g/mol. The SMILES string of the molecule is Cc1nc(N)sc1S(=O)(=O)O.Cl. The summed E-state index contributed by atoms with van der Waals surface area (Å²) >= 11 is 0.750. The van der Waals surface area contributed by atoms with Gasteiger partial charge in [0.2, 0.25) is 0 Å². The smallest absolute Gasteiger partial charge is 0.306 e. The number of anilines is 1. The molecule has 1 aromatic heterocycles. The molecule has 70 valence electrons. The van der Waals surface area contributed by atoms with Gasteiger partial charge >= 0.3 is 10.1 Å². The summed E-state index contributed by atoms with van der Waals surface area (Å²) in [4.78, 5) is 3.63. The van der Waals surface area contributed by atoms with Crippen molar-refractivity contribution in [2.75, 3.05) is 5.73 Å². The molecule has 3 N–H and O–H groups in total. The van der Waals surface area contributed by atoms with Gasteiger partial charge in [-0.25, -0.2) is 4.98 Å². The zero-order valence-corrected chi connectivity index (χ0v) is 8.46. The van der Waals surface area contributed by atoms with Crippen molar-refractivity contribution < 1.29 is 13.0 Å². The number of nitrogen functional groups attached to an aromatic ring is 1. The molecule has 0 atom stereocenters. The van der Waals surface area contributed by atoms with E-state index < -0.39 is 10.1 Å². The zero-order chi connectivity index (χ0) is 8.65. The van der Waals surface area contributed by atoms with E-state index in [0.717, 1.165) is 11.3 Å². The molecule has 1 rings (SSSR count). The second-order valence-corrected chi connectivity index (χ2v) is 4.55. The average Bonchev–Trinajstić information content (AvgIpc) is 2.08. The lowest BCUT2D eigenvalue weighted by Gasteiger charge is -1.88. The summed E-state index contributed by atoms with van der Waals surface area (Å²) in [7, 11) is -4.14. The van der Waals surface area contributed by atoms with Crippen LogP contribution in [0.2, 0.25) is 0 Å². The maximum atomic E-state index is 10.5. The van der Waals surface area contributed by atoms with Crippen molar-refractivity contribution in [3.05, 3.63) is 5.69 Å². The van der Waals surface area contributed by atoms with Gasteiger partial charge in [-0.2, -0.15) is 8.42 Å². The molecule has 12 heavy (non-hydrogen) atoms. The Labute approximate surface area is 79.8 Å². The molecule has 0 spiro atoms. The summed E-state index contributed by atoms with van der Waals surface area (Å²) in [6.45, 7) is 1.47. The average molecular weight is 231 g/mol. The summed E-state index contributed by atoms with van der Waals surface area (Å²) in [6, 6.07) is 0. The van der Waals surface area contributed by atoms with Crippen molar-refractivity contribution >= 4 is 39.0 Å². The summed E-state index contributed by atoms with van der Waals surface area (Å²) in [5.74, 6) is 0. The molecule has 0 bridgehead atoms. The molecule has 0 fully saturated rings. The molecular formula is C4H7ClN2O3S2. The van der Waals surface area contributed by atoms with Crippen LogP contribution in [-0.2, 0) is 10.1 Å². The fourth-order valence-corrected chi connectivity index (χ4v) is 2.30. The number of hydrogen-bond donors (Lipinski definition) is 2. The minimum absolute atomic E-state index is 0. The number of aromatic nitrogens is 1. The number of thiazole rings is 1. The number of nitrogens with zero attached hydrogens (tertiary/aromatic N) is 1. The zero-order valence-electron chi connectivity index (χ0n) is 6.01. The first-order valence-electron chi connectivity index (χ1n) is 2.61. The third kappa shape index (κ3) is 2.31. The van der Waals surface area contributed by atoms with Gasteiger partial charge in [-0.1, -0.05) is 11.3 Å². The highest BCUT2D eigenvalue weighted by molar-refractivity contribution is 7.88. The van der Waals surface area contributed by atoms with Crippen molar-refractivity contribution in [1.29, 1.82) is 0 Å². The van der Waals surface area contributed by atoms with Crippen LogP contribution in [0, 0.1) is 6.92 Å². The normalized spacial score (nSPS) is 10.8. The van der Waals surface area contributed by atoms with Gasteiger partial charge in [0.05, 0.1) is 5.69 Å². The Balaban J connectivity index is 0.00000121. The van der Waals surface area contributed by atoms with Crippen LogP contribution >= 0.6 is 23.7 Å². The Kier molecular flexibility index (Phi) is 3.45. The van der Waals surface area contributed by atoms with Gasteiger partial charge in [-0.15, -0.1) is 12.4 Å². The topological polar surface area (TPSA) is 93.3 Å². The Morgan fingerprint density at radius 3 is 2.25 bits per heavy atom. The molecule has 0 unspecified atom stereocenters. The molecule has 0 saturated heterocycles. The molecule has 0 amide bonds. The molecule has 0 aliphatic carbocycles. The number of hydrogen-bond acceptors (Lipinski definition) is 5. The minimum Gasteiger partial charge on any atom is -0.375 e. The van der Waals surface area contributed by atoms with Crippen molar-refractivity contribution in [3.8, 4) is 0 Å². The van der Waals surface area contributed by atoms with E-state index in [0.29, 0.717) is 0 Å². The maximum Gasteiger partial charge on any atom is 0.306 e. The van der Waals surface area contributed by atoms with Crippen LogP contribution in [0.3, 0.4) is 0 Å². The standard InChI is InChI=1S/C4H6N2O3S2.ClH/c1-2-3(11(7,8)9)10-4(5)6-2;/h1H3,(H2,5,6)(H,7,8,9);1H. The summed E-state index contributed by atoms with van der Waals surface area (Å²) < 4.78 is 29.5. The summed E-state index contributed by atoms with van der Waals surface area (Å²) in [5.41, 5.74) is 5.44. The largest absolute Gasteiger partial charge is 0.375 e. The molecule has 8 heteroatoms. The van der Waals surface area contributed by atoms with E-state index in [-0.39, 0.29) is 27.4 Å². The van der Waals surface area contributed by atoms with Crippen molar-refractivity contribution in [3.63, 3.8) is 0 Å². The maximum absolute atomic E-state index is 10.5. The van der Waals surface area contributed by atoms with E-state index in [1.165, 1.54) is 6.92 Å². The highest BCUT2D eigenvalue weighted by Gasteiger charge is 2.17. The van der Waals surface area contributed by atoms with E-state index in [1.54, 1.807) is 0 Å². The van der Waals surface area contributed by atoms with E-state index in [9.17, 15) is 8.42 Å². The first-order chi connectivity index (χ1) is 4.91. The van der Waals surface area contributed by atoms with Gasteiger partial charge in [0, 0.05) is 0 Å². The van der Waals surface area contributed by atoms with Crippen LogP contribution in [0.5, 0.6) is 0 Å². The Bertz CT molecular complexity index is 372. The van der Waals surface area contributed by atoms with E-state index >= 15 is 0 Å². The Morgan fingerprint density at radius 2 is 2.08 bits per heavy atom. The molecule has 0 radical (unpaired) electrons. The lowest BCUT2D eigenvalue weighted by molar-refractivity contribution is 0.485. The Morgan fingerprint density at radius 1 is 1.58 bits per heavy atom. The second-order valence-electron chi connectivity index (χ2n) is 1.90. The van der Waals surface area contributed by atoms with Gasteiger partial charge < -0.3 is 5.73 Å². The van der Waals surface area contributed by atoms with Crippen LogP contribution in [0.15, 0.2) is 4.21 Å². The third-order valence-corrected chi connectivity index (χ3v) is 3.43. The van der Waals surface area contributed by atoms with Crippen LogP contribution in [0.25, 0.3) is 0 Å². The van der Waals surface area contributed by atoms with E-state index in [2.05, 4.69) is 4.98 Å². The van der Waals surface area contributed by atoms with Gasteiger partial charge in [-0.05, 0) is 6.92 Å². The first kappa shape index (κ1) is 11.6. The van der Waals surface area contributed by atoms with Gasteiger partial charge in [-0.3, -0.25) is 4.55 Å². The van der Waals surface area contributed by atoms with E-state index in [4.69, 9.17) is 10.3 Å². The Hall–Kier alpha value is -0.370. The molecule has 0 aliphatic heterocycles. The predicted octanol–water partition coefficient (Wildman–Crippen LogP) is 0.702. The van der Waals surface area contributed by atoms with Crippen LogP contribution in [-0.4, -0.2) is 18.0 Å². The summed E-state index contributed by atoms with van der Waals surface area (Å²) in [5, 5.41) is 0.134.